The Morgan fingerprint density at radius 3 is 2.94 bits per heavy atom. The van der Waals surface area contributed by atoms with E-state index < -0.39 is 0 Å². The molecule has 2 rings (SSSR count). The van der Waals surface area contributed by atoms with Crippen molar-refractivity contribution in [3.8, 4) is 0 Å². The minimum atomic E-state index is 0.585. The zero-order chi connectivity index (χ0) is 12.3. The van der Waals surface area contributed by atoms with Gasteiger partial charge in [-0.1, -0.05) is 6.92 Å². The molecule has 1 saturated heterocycles. The van der Waals surface area contributed by atoms with E-state index in [4.69, 9.17) is 0 Å². The highest BCUT2D eigenvalue weighted by Gasteiger charge is 2.32. The van der Waals surface area contributed by atoms with Crippen molar-refractivity contribution >= 4 is 27.3 Å². The molecule has 1 aromatic rings. The molecule has 1 aliphatic heterocycles. The fourth-order valence-corrected chi connectivity index (χ4v) is 4.50. The highest BCUT2D eigenvalue weighted by atomic mass is 79.9. The smallest absolute Gasteiger partial charge is 0.0407 e. The topological polar surface area (TPSA) is 15.3 Å². The third-order valence-corrected chi connectivity index (χ3v) is 5.45. The van der Waals surface area contributed by atoms with Gasteiger partial charge in [-0.2, -0.15) is 11.3 Å². The van der Waals surface area contributed by atoms with Crippen molar-refractivity contribution in [2.45, 2.75) is 25.8 Å². The second-order valence-corrected chi connectivity index (χ2v) is 6.31. The van der Waals surface area contributed by atoms with Crippen LogP contribution >= 0.6 is 27.3 Å². The maximum absolute atomic E-state index is 3.70. The average molecular weight is 317 g/mol. The van der Waals surface area contributed by atoms with Gasteiger partial charge in [0.1, 0.15) is 0 Å². The molecule has 0 spiro atoms. The van der Waals surface area contributed by atoms with E-state index in [-0.39, 0.29) is 0 Å². The zero-order valence-electron chi connectivity index (χ0n) is 10.6. The molecular formula is C13H21BrN2S. The zero-order valence-corrected chi connectivity index (χ0v) is 13.0. The molecule has 1 aromatic heterocycles. The van der Waals surface area contributed by atoms with Gasteiger partial charge in [0.05, 0.1) is 0 Å². The van der Waals surface area contributed by atoms with Crippen LogP contribution in [0.25, 0.3) is 0 Å². The Kier molecular flexibility index (Phi) is 5.03. The number of piperidine rings is 1. The van der Waals surface area contributed by atoms with Crippen molar-refractivity contribution in [3.63, 3.8) is 0 Å². The lowest BCUT2D eigenvalue weighted by Gasteiger charge is -2.41. The fourth-order valence-electron chi connectivity index (χ4n) is 2.94. The quantitative estimate of drug-likeness (QED) is 0.914. The standard InChI is InChI=1S/C13H21BrN2S/c1-3-16-6-4-5-10(7-15-2)13(16)11-8-17-9-12(11)14/h8-10,13,15H,3-7H2,1-2H3. The second kappa shape index (κ2) is 6.32. The summed E-state index contributed by atoms with van der Waals surface area (Å²) in [7, 11) is 2.06. The largest absolute Gasteiger partial charge is 0.319 e. The molecule has 0 amide bonds. The summed E-state index contributed by atoms with van der Waals surface area (Å²) in [6.07, 6.45) is 2.67. The molecule has 0 bridgehead atoms. The van der Waals surface area contributed by atoms with Crippen molar-refractivity contribution in [1.82, 2.24) is 10.2 Å². The molecule has 2 unspecified atom stereocenters. The molecule has 1 N–H and O–H groups in total. The third-order valence-electron chi connectivity index (χ3n) is 3.69. The molecule has 96 valence electrons. The number of nitrogens with one attached hydrogen (secondary N) is 1. The minimum Gasteiger partial charge on any atom is -0.319 e. The van der Waals surface area contributed by atoms with Crippen molar-refractivity contribution in [3.05, 3.63) is 20.8 Å². The van der Waals surface area contributed by atoms with Gasteiger partial charge in [-0.15, -0.1) is 0 Å². The summed E-state index contributed by atoms with van der Waals surface area (Å²) in [5, 5.41) is 7.87. The summed E-state index contributed by atoms with van der Waals surface area (Å²) < 4.78 is 1.29. The normalized spacial score (nSPS) is 26.3. The van der Waals surface area contributed by atoms with Gasteiger partial charge in [-0.05, 0) is 72.3 Å². The Balaban J connectivity index is 2.25. The lowest BCUT2D eigenvalue weighted by molar-refractivity contribution is 0.0980. The summed E-state index contributed by atoms with van der Waals surface area (Å²) in [6, 6.07) is 0.585. The molecule has 1 fully saturated rings. The Bertz CT molecular complexity index is 351. The number of hydrogen-bond acceptors (Lipinski definition) is 3. The average Bonchev–Trinajstić information content (AvgIpc) is 2.75. The molecule has 0 aliphatic carbocycles. The van der Waals surface area contributed by atoms with Crippen molar-refractivity contribution in [1.29, 1.82) is 0 Å². The molecule has 0 saturated carbocycles. The number of thiophene rings is 1. The third kappa shape index (κ3) is 2.92. The van der Waals surface area contributed by atoms with Crippen LogP contribution in [0.5, 0.6) is 0 Å². The number of nitrogens with zero attached hydrogens (tertiary/aromatic N) is 1. The van der Waals surface area contributed by atoms with Gasteiger partial charge in [-0.3, -0.25) is 4.90 Å². The van der Waals surface area contributed by atoms with Crippen LogP contribution in [-0.2, 0) is 0 Å². The number of hydrogen-bond donors (Lipinski definition) is 1. The first-order valence-corrected chi connectivity index (χ1v) is 8.11. The van der Waals surface area contributed by atoms with Crippen LogP contribution in [-0.4, -0.2) is 31.6 Å². The molecule has 2 heterocycles. The monoisotopic (exact) mass is 316 g/mol. The SMILES string of the molecule is CCN1CCCC(CNC)C1c1cscc1Br. The first-order valence-electron chi connectivity index (χ1n) is 6.38. The summed E-state index contributed by atoms with van der Waals surface area (Å²) in [5.41, 5.74) is 1.48. The first kappa shape index (κ1) is 13.5. The van der Waals surface area contributed by atoms with Gasteiger partial charge in [0.25, 0.3) is 0 Å². The molecule has 2 nitrogen and oxygen atoms in total. The molecule has 17 heavy (non-hydrogen) atoms. The van der Waals surface area contributed by atoms with E-state index in [2.05, 4.69) is 50.9 Å². The predicted molar refractivity (Wildman–Crippen MR) is 78.7 cm³/mol. The van der Waals surface area contributed by atoms with E-state index in [0.717, 1.165) is 19.0 Å². The highest BCUT2D eigenvalue weighted by molar-refractivity contribution is 9.10. The number of likely N-dealkylation sites (tertiary alicyclic amines) is 1. The number of rotatable bonds is 4. The van der Waals surface area contributed by atoms with Gasteiger partial charge < -0.3 is 5.32 Å². The Morgan fingerprint density at radius 2 is 2.35 bits per heavy atom. The fraction of sp³-hybridized carbons (Fsp3) is 0.692. The van der Waals surface area contributed by atoms with E-state index >= 15 is 0 Å². The minimum absolute atomic E-state index is 0.585. The van der Waals surface area contributed by atoms with Gasteiger partial charge in [-0.25, -0.2) is 0 Å². The van der Waals surface area contributed by atoms with Crippen LogP contribution in [0.1, 0.15) is 31.4 Å². The molecule has 0 radical (unpaired) electrons. The van der Waals surface area contributed by atoms with E-state index in [1.165, 1.54) is 29.4 Å². The van der Waals surface area contributed by atoms with Crippen LogP contribution in [0, 0.1) is 5.92 Å². The lowest BCUT2D eigenvalue weighted by atomic mass is 9.85. The highest BCUT2D eigenvalue weighted by Crippen LogP contribution is 2.40. The predicted octanol–water partition coefficient (Wildman–Crippen LogP) is 3.50. The molecule has 1 aliphatic rings. The molecule has 2 atom stereocenters. The summed E-state index contributed by atoms with van der Waals surface area (Å²) in [6.45, 7) is 5.77. The number of halogens is 1. The molecule has 0 aromatic carbocycles. The van der Waals surface area contributed by atoms with Crippen LogP contribution in [0.3, 0.4) is 0 Å². The van der Waals surface area contributed by atoms with Crippen LogP contribution in [0.4, 0.5) is 0 Å². The van der Waals surface area contributed by atoms with Crippen molar-refractivity contribution < 1.29 is 0 Å². The van der Waals surface area contributed by atoms with E-state index in [1.807, 2.05) is 0 Å². The van der Waals surface area contributed by atoms with Gasteiger partial charge >= 0.3 is 0 Å². The van der Waals surface area contributed by atoms with Crippen LogP contribution in [0.2, 0.25) is 0 Å². The lowest BCUT2D eigenvalue weighted by Crippen LogP contribution is -2.41. The van der Waals surface area contributed by atoms with Crippen molar-refractivity contribution in [2.75, 3.05) is 26.7 Å². The van der Waals surface area contributed by atoms with Crippen LogP contribution < -0.4 is 5.32 Å². The van der Waals surface area contributed by atoms with Gasteiger partial charge in [0.15, 0.2) is 0 Å². The van der Waals surface area contributed by atoms with E-state index in [9.17, 15) is 0 Å². The summed E-state index contributed by atoms with van der Waals surface area (Å²) in [5.74, 6) is 0.736. The van der Waals surface area contributed by atoms with Crippen molar-refractivity contribution in [2.24, 2.45) is 5.92 Å². The summed E-state index contributed by atoms with van der Waals surface area (Å²) >= 11 is 5.50. The molecular weight excluding hydrogens is 296 g/mol. The van der Waals surface area contributed by atoms with Gasteiger partial charge in [0.2, 0.25) is 0 Å². The Labute approximate surface area is 117 Å². The van der Waals surface area contributed by atoms with E-state index in [1.54, 1.807) is 11.3 Å². The van der Waals surface area contributed by atoms with Gasteiger partial charge in [0, 0.05) is 15.9 Å². The Morgan fingerprint density at radius 1 is 1.53 bits per heavy atom. The van der Waals surface area contributed by atoms with E-state index in [0.29, 0.717) is 6.04 Å². The maximum atomic E-state index is 3.70. The second-order valence-electron chi connectivity index (χ2n) is 4.71. The maximum Gasteiger partial charge on any atom is 0.0407 e. The van der Waals surface area contributed by atoms with Crippen LogP contribution in [0.15, 0.2) is 15.2 Å². The first-order chi connectivity index (χ1) is 8.27. The molecule has 4 heteroatoms. The summed E-state index contributed by atoms with van der Waals surface area (Å²) in [4.78, 5) is 2.62. The Hall–Kier alpha value is 0.100.